The van der Waals surface area contributed by atoms with Gasteiger partial charge in [-0.05, 0) is 131 Å². The summed E-state index contributed by atoms with van der Waals surface area (Å²) in [5.74, 6) is -2.37. The van der Waals surface area contributed by atoms with Crippen molar-refractivity contribution in [2.75, 3.05) is 10.6 Å². The Labute approximate surface area is 306 Å². The molecule has 1 saturated carbocycles. The zero-order chi connectivity index (χ0) is 36.1. The van der Waals surface area contributed by atoms with Gasteiger partial charge in [-0.2, -0.15) is 0 Å². The van der Waals surface area contributed by atoms with Crippen LogP contribution < -0.4 is 10.6 Å². The number of aryl methyl sites for hydroxylation is 3. The van der Waals surface area contributed by atoms with Gasteiger partial charge in [0.15, 0.2) is 0 Å². The molecule has 2 heterocycles. The van der Waals surface area contributed by atoms with E-state index in [1.54, 1.807) is 12.1 Å². The third kappa shape index (κ3) is 8.95. The molecule has 0 saturated heterocycles. The number of carboxylic acids is 2. The Morgan fingerprint density at radius 3 is 2.25 bits per heavy atom. The Morgan fingerprint density at radius 1 is 0.824 bits per heavy atom. The van der Waals surface area contributed by atoms with Gasteiger partial charge in [0.25, 0.3) is 11.8 Å². The third-order valence-electron chi connectivity index (χ3n) is 10.1. The number of aromatic carboxylic acids is 1. The number of hydrogen-bond acceptors (Lipinski definition) is 7. The standard InChI is InChI=1S/C40H45N3O6S2/c1-24(2)43(30-17-13-27(14-18-30)39(46)47)23-26-6-5-7-28(22-26)36(44)42-38-35(32-8-3-4-9-33(32)51-38)37(45)41-29-15-10-25(11-16-29)12-19-31-20-21-34(50-31)40(48)49/h5-7,10-11,15-16,20-22,24,27,30H,3-4,8-9,12-14,17-19,23H2,1-2H3,(H,41,45)(H,42,44)(H,46,47)(H,48,49). The smallest absolute Gasteiger partial charge is 0.345 e. The largest absolute Gasteiger partial charge is 0.481 e. The number of hydrogen-bond donors (Lipinski definition) is 4. The molecular formula is C40H45N3O6S2. The highest BCUT2D eigenvalue weighted by molar-refractivity contribution is 7.17. The van der Waals surface area contributed by atoms with Crippen LogP contribution in [0.4, 0.5) is 10.7 Å². The molecule has 0 spiro atoms. The van der Waals surface area contributed by atoms with Gasteiger partial charge in [-0.15, -0.1) is 22.7 Å². The summed E-state index contributed by atoms with van der Waals surface area (Å²) in [5, 5.41) is 25.4. The van der Waals surface area contributed by atoms with Gasteiger partial charge in [-0.3, -0.25) is 19.3 Å². The van der Waals surface area contributed by atoms with Crippen LogP contribution in [0, 0.1) is 5.92 Å². The molecule has 6 rings (SSSR count). The summed E-state index contributed by atoms with van der Waals surface area (Å²) in [6, 6.07) is 19.4. The first kappa shape index (κ1) is 36.5. The van der Waals surface area contributed by atoms with Crippen LogP contribution in [-0.4, -0.2) is 50.9 Å². The first-order valence-electron chi connectivity index (χ1n) is 17.8. The zero-order valence-corrected chi connectivity index (χ0v) is 30.7. The predicted molar refractivity (Wildman–Crippen MR) is 202 cm³/mol. The molecular weight excluding hydrogens is 683 g/mol. The van der Waals surface area contributed by atoms with E-state index in [1.807, 2.05) is 48.5 Å². The van der Waals surface area contributed by atoms with Gasteiger partial charge in [-0.1, -0.05) is 24.3 Å². The molecule has 0 aliphatic heterocycles. The monoisotopic (exact) mass is 727 g/mol. The highest BCUT2D eigenvalue weighted by Crippen LogP contribution is 2.39. The topological polar surface area (TPSA) is 136 Å². The second-order valence-electron chi connectivity index (χ2n) is 13.9. The van der Waals surface area contributed by atoms with Gasteiger partial charge in [0.05, 0.1) is 11.5 Å². The fraction of sp³-hybridized carbons (Fsp3) is 0.400. The number of rotatable bonds is 13. The average Bonchev–Trinajstić information content (AvgIpc) is 3.75. The summed E-state index contributed by atoms with van der Waals surface area (Å²) < 4.78 is 0. The number of amides is 2. The van der Waals surface area contributed by atoms with Gasteiger partial charge in [0.1, 0.15) is 9.88 Å². The Hall–Kier alpha value is -4.32. The fourth-order valence-corrected chi connectivity index (χ4v) is 9.45. The Bertz CT molecular complexity index is 1890. The number of carbonyl (C=O) groups excluding carboxylic acids is 2. The Balaban J connectivity index is 1.12. The van der Waals surface area contributed by atoms with Crippen LogP contribution >= 0.6 is 22.7 Å². The normalized spacial score (nSPS) is 17.3. The SMILES string of the molecule is CC(C)N(Cc1cccc(C(=O)Nc2sc3c(c2C(=O)Nc2ccc(CCc4ccc(C(=O)O)s4)cc2)CCCC3)c1)C1CCC(C(=O)O)CC1. The fourth-order valence-electron chi connectivity index (χ4n) is 7.32. The molecule has 51 heavy (non-hydrogen) atoms. The molecule has 11 heteroatoms. The highest BCUT2D eigenvalue weighted by Gasteiger charge is 2.31. The molecule has 0 unspecified atom stereocenters. The molecule has 2 aliphatic rings. The summed E-state index contributed by atoms with van der Waals surface area (Å²) in [7, 11) is 0. The first-order chi connectivity index (χ1) is 24.5. The van der Waals surface area contributed by atoms with Crippen molar-refractivity contribution >= 4 is 57.1 Å². The van der Waals surface area contributed by atoms with E-state index >= 15 is 0 Å². The summed E-state index contributed by atoms with van der Waals surface area (Å²) in [5.41, 5.74) is 4.86. The summed E-state index contributed by atoms with van der Waals surface area (Å²) in [6.45, 7) is 4.98. The number of fused-ring (bicyclic) bond motifs is 1. The Kier molecular flexibility index (Phi) is 11.7. The molecule has 9 nitrogen and oxygen atoms in total. The van der Waals surface area contributed by atoms with Crippen molar-refractivity contribution < 1.29 is 29.4 Å². The number of carboxylic acid groups (broad SMARTS) is 2. The van der Waals surface area contributed by atoms with Crippen molar-refractivity contribution in [3.05, 3.63) is 103 Å². The minimum Gasteiger partial charge on any atom is -0.481 e. The van der Waals surface area contributed by atoms with E-state index in [9.17, 15) is 29.4 Å². The summed E-state index contributed by atoms with van der Waals surface area (Å²) in [6.07, 6.45) is 8.30. The van der Waals surface area contributed by atoms with Crippen molar-refractivity contribution in [3.8, 4) is 0 Å². The van der Waals surface area contributed by atoms with Crippen LogP contribution in [0.2, 0.25) is 0 Å². The maximum absolute atomic E-state index is 13.8. The minimum atomic E-state index is -0.908. The maximum Gasteiger partial charge on any atom is 0.345 e. The molecule has 0 atom stereocenters. The molecule has 1 fully saturated rings. The van der Waals surface area contributed by atoms with Crippen LogP contribution in [0.5, 0.6) is 0 Å². The molecule has 2 aromatic heterocycles. The van der Waals surface area contributed by atoms with Crippen molar-refractivity contribution in [1.29, 1.82) is 0 Å². The van der Waals surface area contributed by atoms with E-state index in [4.69, 9.17) is 0 Å². The van der Waals surface area contributed by atoms with Crippen molar-refractivity contribution in [3.63, 3.8) is 0 Å². The second kappa shape index (κ2) is 16.4. The molecule has 4 N–H and O–H groups in total. The molecule has 0 radical (unpaired) electrons. The Morgan fingerprint density at radius 2 is 1.57 bits per heavy atom. The number of nitrogens with one attached hydrogen (secondary N) is 2. The summed E-state index contributed by atoms with van der Waals surface area (Å²) in [4.78, 5) is 55.2. The predicted octanol–water partition coefficient (Wildman–Crippen LogP) is 8.53. The van der Waals surface area contributed by atoms with Crippen LogP contribution in [0.3, 0.4) is 0 Å². The molecule has 2 amide bonds. The number of nitrogens with zero attached hydrogens (tertiary/aromatic N) is 1. The number of benzene rings is 2. The molecule has 2 aliphatic carbocycles. The van der Waals surface area contributed by atoms with Crippen LogP contribution in [0.1, 0.15) is 109 Å². The maximum atomic E-state index is 13.8. The van der Waals surface area contributed by atoms with E-state index in [-0.39, 0.29) is 23.8 Å². The van der Waals surface area contributed by atoms with E-state index in [0.29, 0.717) is 52.1 Å². The van der Waals surface area contributed by atoms with Crippen molar-refractivity contribution in [2.24, 2.45) is 5.92 Å². The van der Waals surface area contributed by atoms with Gasteiger partial charge in [0, 0.05) is 39.6 Å². The van der Waals surface area contributed by atoms with Gasteiger partial charge >= 0.3 is 11.9 Å². The molecule has 268 valence electrons. The van der Waals surface area contributed by atoms with E-state index in [1.165, 1.54) is 22.7 Å². The van der Waals surface area contributed by atoms with Crippen molar-refractivity contribution in [2.45, 2.75) is 96.7 Å². The quantitative estimate of drug-likeness (QED) is 0.108. The van der Waals surface area contributed by atoms with E-state index in [0.717, 1.165) is 77.8 Å². The lowest BCUT2D eigenvalue weighted by Crippen LogP contribution is -2.42. The first-order valence-corrected chi connectivity index (χ1v) is 19.4. The molecule has 4 aromatic rings. The molecule has 2 aromatic carbocycles. The van der Waals surface area contributed by atoms with Crippen LogP contribution in [-0.2, 0) is 37.0 Å². The lowest BCUT2D eigenvalue weighted by Gasteiger charge is -2.38. The number of thiophene rings is 2. The lowest BCUT2D eigenvalue weighted by atomic mass is 9.85. The van der Waals surface area contributed by atoms with Gasteiger partial charge in [-0.25, -0.2) is 4.79 Å². The third-order valence-corrected chi connectivity index (χ3v) is 12.4. The number of anilines is 2. The van der Waals surface area contributed by atoms with Crippen LogP contribution in [0.15, 0.2) is 60.7 Å². The van der Waals surface area contributed by atoms with E-state index < -0.39 is 11.9 Å². The average molecular weight is 728 g/mol. The summed E-state index contributed by atoms with van der Waals surface area (Å²) >= 11 is 2.79. The van der Waals surface area contributed by atoms with Crippen molar-refractivity contribution in [1.82, 2.24) is 4.90 Å². The molecule has 0 bridgehead atoms. The lowest BCUT2D eigenvalue weighted by molar-refractivity contribution is -0.143. The number of aliphatic carboxylic acids is 1. The minimum absolute atomic E-state index is 0.240. The van der Waals surface area contributed by atoms with Gasteiger partial charge < -0.3 is 20.8 Å². The van der Waals surface area contributed by atoms with Crippen LogP contribution in [0.25, 0.3) is 0 Å². The highest BCUT2D eigenvalue weighted by atomic mass is 32.1. The van der Waals surface area contributed by atoms with E-state index in [2.05, 4.69) is 29.4 Å². The van der Waals surface area contributed by atoms with Gasteiger partial charge in [0.2, 0.25) is 0 Å². The second-order valence-corrected chi connectivity index (χ2v) is 16.2. The number of carbonyl (C=O) groups is 4. The zero-order valence-electron chi connectivity index (χ0n) is 29.1.